The molecule has 0 fully saturated rings. The van der Waals surface area contributed by atoms with E-state index in [0.717, 1.165) is 16.3 Å². The summed E-state index contributed by atoms with van der Waals surface area (Å²) in [6.45, 7) is 1.87. The first-order valence-electron chi connectivity index (χ1n) is 7.55. The SMILES string of the molecule is Cc1ccnc2nc(C(=O)Nc3nnc(Cc4ccccc4)s3)nn12. The zero-order valence-corrected chi connectivity index (χ0v) is 14.1. The van der Waals surface area contributed by atoms with Crippen molar-refractivity contribution in [2.45, 2.75) is 13.3 Å². The maximum Gasteiger partial charge on any atom is 0.297 e. The molecule has 8 nitrogen and oxygen atoms in total. The zero-order valence-electron chi connectivity index (χ0n) is 13.2. The Morgan fingerprint density at radius 2 is 2.04 bits per heavy atom. The van der Waals surface area contributed by atoms with Crippen LogP contribution in [0.2, 0.25) is 0 Å². The van der Waals surface area contributed by atoms with Crippen molar-refractivity contribution in [3.63, 3.8) is 0 Å². The lowest BCUT2D eigenvalue weighted by molar-refractivity contribution is 0.101. The number of aromatic nitrogens is 6. The Labute approximate surface area is 146 Å². The molecule has 1 amide bonds. The van der Waals surface area contributed by atoms with Gasteiger partial charge in [0.2, 0.25) is 11.0 Å². The largest absolute Gasteiger partial charge is 0.297 e. The predicted molar refractivity (Wildman–Crippen MR) is 92.6 cm³/mol. The molecule has 0 atom stereocenters. The molecule has 1 N–H and O–H groups in total. The second kappa shape index (κ2) is 6.36. The molecule has 1 aromatic carbocycles. The van der Waals surface area contributed by atoms with E-state index in [-0.39, 0.29) is 5.82 Å². The van der Waals surface area contributed by atoms with Gasteiger partial charge in [0.15, 0.2) is 0 Å². The Balaban J connectivity index is 1.50. The van der Waals surface area contributed by atoms with E-state index < -0.39 is 5.91 Å². The van der Waals surface area contributed by atoms with Crippen LogP contribution >= 0.6 is 11.3 Å². The average molecular weight is 351 g/mol. The number of rotatable bonds is 4. The molecule has 0 unspecified atom stereocenters. The first-order valence-corrected chi connectivity index (χ1v) is 8.37. The first-order chi connectivity index (χ1) is 12.2. The summed E-state index contributed by atoms with van der Waals surface area (Å²) < 4.78 is 1.52. The molecule has 25 heavy (non-hydrogen) atoms. The van der Waals surface area contributed by atoms with Gasteiger partial charge in [0.1, 0.15) is 5.01 Å². The van der Waals surface area contributed by atoms with Crippen molar-refractivity contribution in [1.82, 2.24) is 29.8 Å². The van der Waals surface area contributed by atoms with E-state index >= 15 is 0 Å². The van der Waals surface area contributed by atoms with Crippen LogP contribution in [0.15, 0.2) is 42.6 Å². The molecule has 0 saturated heterocycles. The Morgan fingerprint density at radius 3 is 2.84 bits per heavy atom. The van der Waals surface area contributed by atoms with Crippen molar-refractivity contribution in [2.75, 3.05) is 5.32 Å². The average Bonchev–Trinajstić information content (AvgIpc) is 3.23. The lowest BCUT2D eigenvalue weighted by Crippen LogP contribution is -2.13. The summed E-state index contributed by atoms with van der Waals surface area (Å²) in [5.41, 5.74) is 1.98. The quantitative estimate of drug-likeness (QED) is 0.605. The number of fused-ring (bicyclic) bond motifs is 1. The van der Waals surface area contributed by atoms with Crippen molar-refractivity contribution in [2.24, 2.45) is 0 Å². The molecule has 4 aromatic rings. The van der Waals surface area contributed by atoms with E-state index in [0.29, 0.717) is 17.3 Å². The highest BCUT2D eigenvalue weighted by Gasteiger charge is 2.16. The van der Waals surface area contributed by atoms with E-state index in [1.807, 2.05) is 37.3 Å². The van der Waals surface area contributed by atoms with Crippen LogP contribution in [-0.4, -0.2) is 35.7 Å². The minimum Gasteiger partial charge on any atom is -0.294 e. The molecule has 4 rings (SSSR count). The molecule has 9 heteroatoms. The second-order valence-electron chi connectivity index (χ2n) is 5.35. The maximum absolute atomic E-state index is 12.3. The molecule has 3 heterocycles. The van der Waals surface area contributed by atoms with Gasteiger partial charge in [0, 0.05) is 18.3 Å². The molecule has 0 bridgehead atoms. The fourth-order valence-electron chi connectivity index (χ4n) is 2.30. The number of hydrogen-bond acceptors (Lipinski definition) is 7. The summed E-state index contributed by atoms with van der Waals surface area (Å²) in [5.74, 6) is -0.0129. The molecule has 0 spiro atoms. The van der Waals surface area contributed by atoms with Gasteiger partial charge in [-0.3, -0.25) is 10.1 Å². The normalized spacial score (nSPS) is 10.9. The van der Waals surface area contributed by atoms with Crippen LogP contribution < -0.4 is 5.32 Å². The van der Waals surface area contributed by atoms with Crippen molar-refractivity contribution in [3.8, 4) is 0 Å². The third kappa shape index (κ3) is 3.22. The van der Waals surface area contributed by atoms with E-state index in [9.17, 15) is 4.79 Å². The van der Waals surface area contributed by atoms with Crippen molar-refractivity contribution >= 4 is 28.2 Å². The molecular formula is C16H13N7OS. The number of benzene rings is 1. The highest BCUT2D eigenvalue weighted by Crippen LogP contribution is 2.19. The first kappa shape index (κ1) is 15.3. The van der Waals surface area contributed by atoms with Gasteiger partial charge in [-0.25, -0.2) is 9.50 Å². The summed E-state index contributed by atoms with van der Waals surface area (Å²) in [5, 5.41) is 16.2. The van der Waals surface area contributed by atoms with Crippen LogP contribution in [0.4, 0.5) is 5.13 Å². The molecular weight excluding hydrogens is 338 g/mol. The third-order valence-electron chi connectivity index (χ3n) is 3.52. The molecule has 0 radical (unpaired) electrons. The summed E-state index contributed by atoms with van der Waals surface area (Å²) in [6.07, 6.45) is 2.30. The van der Waals surface area contributed by atoms with Crippen molar-refractivity contribution in [3.05, 3.63) is 64.7 Å². The minimum atomic E-state index is -0.438. The highest BCUT2D eigenvalue weighted by molar-refractivity contribution is 7.15. The van der Waals surface area contributed by atoms with Crippen LogP contribution in [0, 0.1) is 6.92 Å². The number of nitrogens with one attached hydrogen (secondary N) is 1. The van der Waals surface area contributed by atoms with Gasteiger partial charge >= 0.3 is 0 Å². The van der Waals surface area contributed by atoms with Gasteiger partial charge in [-0.1, -0.05) is 41.7 Å². The Morgan fingerprint density at radius 1 is 1.20 bits per heavy atom. The number of carbonyl (C=O) groups excluding carboxylic acids is 1. The van der Waals surface area contributed by atoms with Gasteiger partial charge in [0.05, 0.1) is 0 Å². The van der Waals surface area contributed by atoms with E-state index in [2.05, 4.69) is 30.6 Å². The highest BCUT2D eigenvalue weighted by atomic mass is 32.1. The fraction of sp³-hybridized carbons (Fsp3) is 0.125. The Bertz CT molecular complexity index is 1040. The van der Waals surface area contributed by atoms with Crippen LogP contribution in [-0.2, 0) is 6.42 Å². The number of hydrogen-bond donors (Lipinski definition) is 1. The van der Waals surface area contributed by atoms with Crippen molar-refractivity contribution in [1.29, 1.82) is 0 Å². The monoisotopic (exact) mass is 351 g/mol. The molecule has 3 aromatic heterocycles. The number of anilines is 1. The fourth-order valence-corrected chi connectivity index (χ4v) is 3.07. The van der Waals surface area contributed by atoms with Crippen LogP contribution in [0.1, 0.15) is 26.9 Å². The summed E-state index contributed by atoms with van der Waals surface area (Å²) in [7, 11) is 0. The summed E-state index contributed by atoms with van der Waals surface area (Å²) in [6, 6.07) is 11.8. The summed E-state index contributed by atoms with van der Waals surface area (Å²) >= 11 is 1.33. The lowest BCUT2D eigenvalue weighted by atomic mass is 10.2. The summed E-state index contributed by atoms with van der Waals surface area (Å²) in [4.78, 5) is 20.5. The Hall–Kier alpha value is -3.20. The maximum atomic E-state index is 12.3. The second-order valence-corrected chi connectivity index (χ2v) is 6.41. The van der Waals surface area contributed by atoms with Crippen LogP contribution in [0.25, 0.3) is 5.78 Å². The minimum absolute atomic E-state index is 0.0432. The van der Waals surface area contributed by atoms with Gasteiger partial charge in [-0.2, -0.15) is 4.98 Å². The van der Waals surface area contributed by atoms with Gasteiger partial charge in [-0.05, 0) is 18.6 Å². The molecule has 0 saturated carbocycles. The van der Waals surface area contributed by atoms with Crippen molar-refractivity contribution < 1.29 is 4.79 Å². The van der Waals surface area contributed by atoms with E-state index in [4.69, 9.17) is 0 Å². The van der Waals surface area contributed by atoms with Gasteiger partial charge in [-0.15, -0.1) is 15.3 Å². The Kier molecular flexibility index (Phi) is 3.90. The molecule has 0 aliphatic heterocycles. The van der Waals surface area contributed by atoms with Crippen LogP contribution in [0.3, 0.4) is 0 Å². The zero-order chi connectivity index (χ0) is 17.2. The van der Waals surface area contributed by atoms with E-state index in [1.165, 1.54) is 15.9 Å². The standard InChI is InChI=1S/C16H13N7OS/c1-10-7-8-17-15-18-13(22-23(10)15)14(24)19-16-21-20-12(25-16)9-11-5-3-2-4-6-11/h2-8H,9H2,1H3,(H,19,21,24). The van der Waals surface area contributed by atoms with Gasteiger partial charge in [0.25, 0.3) is 11.7 Å². The number of amides is 1. The number of nitrogens with zero attached hydrogens (tertiary/aromatic N) is 6. The van der Waals surface area contributed by atoms with Gasteiger partial charge < -0.3 is 0 Å². The lowest BCUT2D eigenvalue weighted by Gasteiger charge is -1.96. The number of aryl methyl sites for hydroxylation is 1. The number of carbonyl (C=O) groups is 1. The van der Waals surface area contributed by atoms with Crippen LogP contribution in [0.5, 0.6) is 0 Å². The molecule has 0 aliphatic carbocycles. The predicted octanol–water partition coefficient (Wildman–Crippen LogP) is 2.13. The molecule has 124 valence electrons. The van der Waals surface area contributed by atoms with E-state index in [1.54, 1.807) is 12.3 Å². The molecule has 0 aliphatic rings. The topological polar surface area (TPSA) is 98.0 Å². The third-order valence-corrected chi connectivity index (χ3v) is 4.36. The smallest absolute Gasteiger partial charge is 0.294 e.